The Labute approximate surface area is 104 Å². The summed E-state index contributed by atoms with van der Waals surface area (Å²) in [6.07, 6.45) is 12.7. The summed E-state index contributed by atoms with van der Waals surface area (Å²) in [5, 5.41) is 8.71. The molecule has 0 aromatic heterocycles. The van der Waals surface area contributed by atoms with Gasteiger partial charge in [0, 0.05) is 0 Å². The number of hydrogen-bond acceptors (Lipinski definition) is 1. The molecule has 88 valence electrons. The maximum absolute atomic E-state index is 8.71. The Bertz CT molecular complexity index is 402. The van der Waals surface area contributed by atoms with Crippen molar-refractivity contribution >= 4 is 6.08 Å². The van der Waals surface area contributed by atoms with Gasteiger partial charge in [-0.05, 0) is 30.0 Å². The lowest BCUT2D eigenvalue weighted by Gasteiger charge is -2.19. The maximum atomic E-state index is 8.71. The third kappa shape index (κ3) is 3.75. The van der Waals surface area contributed by atoms with Crippen LogP contribution in [0.15, 0.2) is 30.3 Å². The molecule has 0 aliphatic heterocycles. The van der Waals surface area contributed by atoms with Crippen molar-refractivity contribution in [2.75, 3.05) is 0 Å². The zero-order chi connectivity index (χ0) is 11.9. The Morgan fingerprint density at radius 3 is 2.47 bits per heavy atom. The predicted octanol–water partition coefficient (Wildman–Crippen LogP) is 4.54. The van der Waals surface area contributed by atoms with Crippen LogP contribution in [-0.4, -0.2) is 0 Å². The van der Waals surface area contributed by atoms with Crippen molar-refractivity contribution in [1.29, 1.82) is 5.26 Å². The second-order valence-electron chi connectivity index (χ2n) is 4.88. The molecule has 0 unspecified atom stereocenters. The Kier molecular flexibility index (Phi) is 4.38. The van der Waals surface area contributed by atoms with E-state index in [4.69, 9.17) is 5.26 Å². The summed E-state index contributed by atoms with van der Waals surface area (Å²) in [5.74, 6) is 0.901. The Balaban J connectivity index is 1.84. The monoisotopic (exact) mass is 225 g/mol. The normalized spacial score (nSPS) is 17.1. The lowest BCUT2D eigenvalue weighted by atomic mass is 9.87. The van der Waals surface area contributed by atoms with Gasteiger partial charge < -0.3 is 0 Å². The summed E-state index contributed by atoms with van der Waals surface area (Å²) >= 11 is 0. The Morgan fingerprint density at radius 1 is 1.12 bits per heavy atom. The molecule has 17 heavy (non-hydrogen) atoms. The van der Waals surface area contributed by atoms with Crippen LogP contribution >= 0.6 is 0 Å². The van der Waals surface area contributed by atoms with E-state index < -0.39 is 0 Å². The van der Waals surface area contributed by atoms with Gasteiger partial charge >= 0.3 is 0 Å². The minimum atomic E-state index is 0.731. The molecule has 0 heterocycles. The Morgan fingerprint density at radius 2 is 1.82 bits per heavy atom. The van der Waals surface area contributed by atoms with E-state index >= 15 is 0 Å². The molecular weight excluding hydrogens is 206 g/mol. The van der Waals surface area contributed by atoms with Crippen molar-refractivity contribution in [1.82, 2.24) is 0 Å². The molecule has 2 rings (SSSR count). The molecule has 1 heteroatoms. The number of hydrogen-bond donors (Lipinski definition) is 0. The van der Waals surface area contributed by atoms with Gasteiger partial charge in [-0.3, -0.25) is 0 Å². The molecular formula is C16H19N. The fourth-order valence-electron chi connectivity index (χ4n) is 2.49. The predicted molar refractivity (Wildman–Crippen MR) is 71.4 cm³/mol. The minimum Gasteiger partial charge on any atom is -0.192 e. The molecule has 0 amide bonds. The smallest absolute Gasteiger partial charge is 0.0991 e. The van der Waals surface area contributed by atoms with Crippen LogP contribution in [0, 0.1) is 17.2 Å². The minimum absolute atomic E-state index is 0.731. The van der Waals surface area contributed by atoms with E-state index in [-0.39, 0.29) is 0 Å². The van der Waals surface area contributed by atoms with Gasteiger partial charge in [0.1, 0.15) is 0 Å². The van der Waals surface area contributed by atoms with Crippen molar-refractivity contribution in [3.05, 3.63) is 41.5 Å². The number of nitriles is 1. The van der Waals surface area contributed by atoms with E-state index in [0.29, 0.717) is 0 Å². The fraction of sp³-hybridized carbons (Fsp3) is 0.438. The molecule has 1 fully saturated rings. The molecule has 1 aliphatic rings. The molecule has 0 spiro atoms. The lowest BCUT2D eigenvalue weighted by molar-refractivity contribution is 0.362. The molecule has 0 radical (unpaired) electrons. The summed E-state index contributed by atoms with van der Waals surface area (Å²) < 4.78 is 0. The van der Waals surface area contributed by atoms with E-state index in [1.165, 1.54) is 44.1 Å². The zero-order valence-electron chi connectivity index (χ0n) is 10.2. The molecule has 1 nitrogen and oxygen atoms in total. The summed E-state index contributed by atoms with van der Waals surface area (Å²) in [7, 11) is 0. The van der Waals surface area contributed by atoms with Crippen LogP contribution in [0.5, 0.6) is 0 Å². The third-order valence-corrected chi connectivity index (χ3v) is 3.54. The summed E-state index contributed by atoms with van der Waals surface area (Å²) in [6.45, 7) is 0. The van der Waals surface area contributed by atoms with Crippen LogP contribution in [0.1, 0.15) is 49.7 Å². The van der Waals surface area contributed by atoms with Gasteiger partial charge in [-0.2, -0.15) is 5.26 Å². The average Bonchev–Trinajstić information content (AvgIpc) is 2.41. The second kappa shape index (κ2) is 6.25. The topological polar surface area (TPSA) is 23.8 Å². The van der Waals surface area contributed by atoms with Crippen molar-refractivity contribution < 1.29 is 0 Å². The molecule has 1 aromatic carbocycles. The molecule has 0 bridgehead atoms. The van der Waals surface area contributed by atoms with Crippen LogP contribution in [0.2, 0.25) is 0 Å². The lowest BCUT2D eigenvalue weighted by Crippen LogP contribution is -2.04. The average molecular weight is 225 g/mol. The number of allylic oxidation sites excluding steroid dienone is 1. The standard InChI is InChI=1S/C16H19N/c17-13-16-11-9-15(10-12-16)8-4-7-14-5-2-1-3-6-14/h4,8-12,14H,1-3,5-7H2/b8-4+. The van der Waals surface area contributed by atoms with E-state index in [9.17, 15) is 0 Å². The zero-order valence-corrected chi connectivity index (χ0v) is 10.2. The third-order valence-electron chi connectivity index (χ3n) is 3.54. The summed E-state index contributed by atoms with van der Waals surface area (Å²) in [4.78, 5) is 0. The van der Waals surface area contributed by atoms with Gasteiger partial charge in [0.25, 0.3) is 0 Å². The van der Waals surface area contributed by atoms with Gasteiger partial charge in [-0.1, -0.05) is 56.4 Å². The van der Waals surface area contributed by atoms with Gasteiger partial charge in [0.05, 0.1) is 11.6 Å². The van der Waals surface area contributed by atoms with Crippen molar-refractivity contribution in [3.63, 3.8) is 0 Å². The van der Waals surface area contributed by atoms with Gasteiger partial charge in [-0.15, -0.1) is 0 Å². The summed E-state index contributed by atoms with van der Waals surface area (Å²) in [5.41, 5.74) is 1.93. The van der Waals surface area contributed by atoms with Crippen LogP contribution in [0.4, 0.5) is 0 Å². The largest absolute Gasteiger partial charge is 0.192 e. The second-order valence-corrected chi connectivity index (χ2v) is 4.88. The highest BCUT2D eigenvalue weighted by Crippen LogP contribution is 2.26. The first kappa shape index (κ1) is 11.9. The molecule has 0 N–H and O–H groups in total. The van der Waals surface area contributed by atoms with Crippen molar-refractivity contribution in [2.24, 2.45) is 5.92 Å². The number of nitrogens with zero attached hydrogens (tertiary/aromatic N) is 1. The van der Waals surface area contributed by atoms with E-state index in [1.807, 2.05) is 24.3 Å². The highest BCUT2D eigenvalue weighted by atomic mass is 14.2. The molecule has 0 atom stereocenters. The Hall–Kier alpha value is -1.55. The number of benzene rings is 1. The first-order valence-corrected chi connectivity index (χ1v) is 6.55. The van der Waals surface area contributed by atoms with Crippen LogP contribution in [0.3, 0.4) is 0 Å². The summed E-state index contributed by atoms with van der Waals surface area (Å²) in [6, 6.07) is 9.91. The van der Waals surface area contributed by atoms with Crippen molar-refractivity contribution in [3.8, 4) is 6.07 Å². The van der Waals surface area contributed by atoms with Gasteiger partial charge in [0.15, 0.2) is 0 Å². The van der Waals surface area contributed by atoms with E-state index in [0.717, 1.165) is 11.5 Å². The molecule has 1 aliphatic carbocycles. The first-order valence-electron chi connectivity index (χ1n) is 6.55. The first-order chi connectivity index (χ1) is 8.38. The highest BCUT2D eigenvalue weighted by Gasteiger charge is 2.10. The molecule has 0 saturated heterocycles. The molecule has 1 saturated carbocycles. The van der Waals surface area contributed by atoms with E-state index in [1.54, 1.807) is 0 Å². The van der Waals surface area contributed by atoms with E-state index in [2.05, 4.69) is 18.2 Å². The van der Waals surface area contributed by atoms with Crippen LogP contribution in [0.25, 0.3) is 6.08 Å². The maximum Gasteiger partial charge on any atom is 0.0991 e. The van der Waals surface area contributed by atoms with Gasteiger partial charge in [0.2, 0.25) is 0 Å². The number of rotatable bonds is 3. The molecule has 1 aromatic rings. The van der Waals surface area contributed by atoms with Crippen LogP contribution in [-0.2, 0) is 0 Å². The highest BCUT2D eigenvalue weighted by molar-refractivity contribution is 5.50. The fourth-order valence-corrected chi connectivity index (χ4v) is 2.49. The quantitative estimate of drug-likeness (QED) is 0.740. The van der Waals surface area contributed by atoms with Gasteiger partial charge in [-0.25, -0.2) is 0 Å². The SMILES string of the molecule is N#Cc1ccc(/C=C/CC2CCCCC2)cc1. The van der Waals surface area contributed by atoms with Crippen molar-refractivity contribution in [2.45, 2.75) is 38.5 Å². The van der Waals surface area contributed by atoms with Crippen LogP contribution < -0.4 is 0 Å².